The molecule has 0 atom stereocenters. The van der Waals surface area contributed by atoms with Crippen molar-refractivity contribution in [3.8, 4) is 5.75 Å². The van der Waals surface area contributed by atoms with Crippen molar-refractivity contribution < 1.29 is 14.6 Å². The molecule has 4 heteroatoms. The van der Waals surface area contributed by atoms with Gasteiger partial charge in [0.2, 0.25) is 0 Å². The molecule has 4 nitrogen and oxygen atoms in total. The number of aryl methyl sites for hydroxylation is 1. The number of hydrogen-bond donors (Lipinski definition) is 1. The van der Waals surface area contributed by atoms with Gasteiger partial charge in [-0.05, 0) is 24.6 Å². The van der Waals surface area contributed by atoms with E-state index in [1.165, 1.54) is 48.4 Å². The molecule has 0 aliphatic carbocycles. The molecule has 3 aromatic rings. The standard InChI is InChI=1S/C22H27NO3/c1-2-3-4-5-6-9-14-23-20-11-8-7-10-18(20)19-13-12-17(15-21(19)23)26-16-22(24)25/h7-8,10-13,15H,2-6,9,14,16H2,1H3,(H,24,25). The highest BCUT2D eigenvalue weighted by molar-refractivity contribution is 6.08. The van der Waals surface area contributed by atoms with Crippen LogP contribution in [-0.4, -0.2) is 22.2 Å². The monoisotopic (exact) mass is 353 g/mol. The third-order valence-corrected chi connectivity index (χ3v) is 4.84. The van der Waals surface area contributed by atoms with Crippen molar-refractivity contribution in [3.63, 3.8) is 0 Å². The summed E-state index contributed by atoms with van der Waals surface area (Å²) in [5.41, 5.74) is 2.34. The van der Waals surface area contributed by atoms with Gasteiger partial charge in [-0.1, -0.05) is 57.2 Å². The second kappa shape index (κ2) is 8.75. The number of ether oxygens (including phenoxy) is 1. The van der Waals surface area contributed by atoms with Gasteiger partial charge in [-0.2, -0.15) is 0 Å². The third kappa shape index (κ3) is 4.18. The van der Waals surface area contributed by atoms with E-state index in [0.717, 1.165) is 18.5 Å². The summed E-state index contributed by atoms with van der Waals surface area (Å²) in [5, 5.41) is 11.3. The lowest BCUT2D eigenvalue weighted by molar-refractivity contribution is -0.139. The van der Waals surface area contributed by atoms with Crippen LogP contribution in [0.2, 0.25) is 0 Å². The molecule has 0 unspecified atom stereocenters. The zero-order valence-electron chi connectivity index (χ0n) is 15.4. The molecule has 1 heterocycles. The first-order valence-electron chi connectivity index (χ1n) is 9.56. The summed E-state index contributed by atoms with van der Waals surface area (Å²) in [5.74, 6) is -0.357. The maximum absolute atomic E-state index is 10.8. The number of para-hydroxylation sites is 1. The van der Waals surface area contributed by atoms with Crippen molar-refractivity contribution >= 4 is 27.8 Å². The normalized spacial score (nSPS) is 11.3. The second-order valence-corrected chi connectivity index (χ2v) is 6.80. The van der Waals surface area contributed by atoms with Crippen LogP contribution >= 0.6 is 0 Å². The van der Waals surface area contributed by atoms with Crippen LogP contribution in [0.5, 0.6) is 5.75 Å². The van der Waals surface area contributed by atoms with Crippen LogP contribution in [-0.2, 0) is 11.3 Å². The molecule has 0 aliphatic heterocycles. The molecule has 0 amide bonds. The number of rotatable bonds is 10. The number of aliphatic carboxylic acids is 1. The minimum atomic E-state index is -0.960. The number of fused-ring (bicyclic) bond motifs is 3. The molecule has 0 fully saturated rings. The number of unbranched alkanes of at least 4 members (excludes halogenated alkanes) is 5. The highest BCUT2D eigenvalue weighted by atomic mass is 16.5. The smallest absolute Gasteiger partial charge is 0.341 e. The Labute approximate surface area is 154 Å². The second-order valence-electron chi connectivity index (χ2n) is 6.80. The highest BCUT2D eigenvalue weighted by Gasteiger charge is 2.11. The third-order valence-electron chi connectivity index (χ3n) is 4.84. The van der Waals surface area contributed by atoms with Gasteiger partial charge in [0.1, 0.15) is 5.75 Å². The van der Waals surface area contributed by atoms with Crippen molar-refractivity contribution in [2.45, 2.75) is 52.0 Å². The maximum Gasteiger partial charge on any atom is 0.341 e. The average Bonchev–Trinajstić information content (AvgIpc) is 2.96. The molecule has 1 aromatic heterocycles. The molecule has 0 aliphatic rings. The summed E-state index contributed by atoms with van der Waals surface area (Å²) in [4.78, 5) is 10.8. The minimum absolute atomic E-state index is 0.316. The molecular formula is C22H27NO3. The van der Waals surface area contributed by atoms with Gasteiger partial charge in [0, 0.05) is 28.9 Å². The van der Waals surface area contributed by atoms with Crippen LogP contribution in [0.4, 0.5) is 0 Å². The van der Waals surface area contributed by atoms with Gasteiger partial charge in [0.05, 0.1) is 5.52 Å². The molecule has 0 spiro atoms. The maximum atomic E-state index is 10.8. The van der Waals surface area contributed by atoms with E-state index >= 15 is 0 Å². The van der Waals surface area contributed by atoms with Gasteiger partial charge in [0.15, 0.2) is 6.61 Å². The first kappa shape index (κ1) is 18.3. The molecule has 0 radical (unpaired) electrons. The van der Waals surface area contributed by atoms with Gasteiger partial charge in [-0.3, -0.25) is 0 Å². The Kier molecular flexibility index (Phi) is 6.16. The zero-order chi connectivity index (χ0) is 18.4. The van der Waals surface area contributed by atoms with E-state index < -0.39 is 5.97 Å². The number of benzene rings is 2. The summed E-state index contributed by atoms with van der Waals surface area (Å²) in [6.45, 7) is 2.89. The fraction of sp³-hybridized carbons (Fsp3) is 0.409. The Hall–Kier alpha value is -2.49. The molecule has 2 aromatic carbocycles. The van der Waals surface area contributed by atoms with E-state index in [1.54, 1.807) is 0 Å². The molecule has 138 valence electrons. The van der Waals surface area contributed by atoms with Crippen LogP contribution in [0.15, 0.2) is 42.5 Å². The highest BCUT2D eigenvalue weighted by Crippen LogP contribution is 2.32. The van der Waals surface area contributed by atoms with Gasteiger partial charge >= 0.3 is 5.97 Å². The number of aromatic nitrogens is 1. The van der Waals surface area contributed by atoms with Gasteiger partial charge < -0.3 is 14.4 Å². The van der Waals surface area contributed by atoms with E-state index in [9.17, 15) is 4.79 Å². The Bertz CT molecular complexity index is 882. The Morgan fingerprint density at radius 2 is 1.69 bits per heavy atom. The van der Waals surface area contributed by atoms with Crippen molar-refractivity contribution in [2.75, 3.05) is 6.61 Å². The molecular weight excluding hydrogens is 326 g/mol. The lowest BCUT2D eigenvalue weighted by atomic mass is 10.1. The topological polar surface area (TPSA) is 51.5 Å². The molecule has 1 N–H and O–H groups in total. The Morgan fingerprint density at radius 1 is 0.962 bits per heavy atom. The summed E-state index contributed by atoms with van der Waals surface area (Å²) in [6.07, 6.45) is 7.58. The number of nitrogens with zero attached hydrogens (tertiary/aromatic N) is 1. The minimum Gasteiger partial charge on any atom is -0.482 e. The fourth-order valence-electron chi connectivity index (χ4n) is 3.56. The fourth-order valence-corrected chi connectivity index (χ4v) is 3.56. The van der Waals surface area contributed by atoms with E-state index in [1.807, 2.05) is 18.2 Å². The summed E-state index contributed by atoms with van der Waals surface area (Å²) >= 11 is 0. The summed E-state index contributed by atoms with van der Waals surface area (Å²) < 4.78 is 7.73. The summed E-state index contributed by atoms with van der Waals surface area (Å²) in [6, 6.07) is 14.3. The van der Waals surface area contributed by atoms with E-state index in [2.05, 4.69) is 35.8 Å². The van der Waals surface area contributed by atoms with Crippen LogP contribution in [0.3, 0.4) is 0 Å². The summed E-state index contributed by atoms with van der Waals surface area (Å²) in [7, 11) is 0. The SMILES string of the molecule is CCCCCCCCn1c2ccccc2c2ccc(OCC(=O)O)cc21. The average molecular weight is 353 g/mol. The number of carboxylic acids is 1. The van der Waals surface area contributed by atoms with Crippen molar-refractivity contribution in [2.24, 2.45) is 0 Å². The van der Waals surface area contributed by atoms with Gasteiger partial charge in [-0.25, -0.2) is 4.79 Å². The lowest BCUT2D eigenvalue weighted by Gasteiger charge is -2.09. The van der Waals surface area contributed by atoms with Crippen LogP contribution in [0.1, 0.15) is 45.4 Å². The Balaban J connectivity index is 1.85. The van der Waals surface area contributed by atoms with Crippen LogP contribution in [0, 0.1) is 0 Å². The van der Waals surface area contributed by atoms with Gasteiger partial charge in [-0.15, -0.1) is 0 Å². The van der Waals surface area contributed by atoms with Crippen molar-refractivity contribution in [3.05, 3.63) is 42.5 Å². The predicted octanol–water partition coefficient (Wildman–Crippen LogP) is 5.62. The molecule has 3 rings (SSSR count). The zero-order valence-corrected chi connectivity index (χ0v) is 15.4. The Morgan fingerprint density at radius 3 is 2.50 bits per heavy atom. The van der Waals surface area contributed by atoms with Crippen molar-refractivity contribution in [1.82, 2.24) is 4.57 Å². The van der Waals surface area contributed by atoms with E-state index in [-0.39, 0.29) is 6.61 Å². The molecule has 0 bridgehead atoms. The van der Waals surface area contributed by atoms with Crippen LogP contribution < -0.4 is 4.74 Å². The first-order valence-corrected chi connectivity index (χ1v) is 9.56. The lowest BCUT2D eigenvalue weighted by Crippen LogP contribution is -2.09. The van der Waals surface area contributed by atoms with Gasteiger partial charge in [0.25, 0.3) is 0 Å². The molecule has 0 saturated carbocycles. The number of carbonyl (C=O) groups is 1. The molecule has 26 heavy (non-hydrogen) atoms. The number of hydrogen-bond acceptors (Lipinski definition) is 2. The molecule has 0 saturated heterocycles. The van der Waals surface area contributed by atoms with Crippen LogP contribution in [0.25, 0.3) is 21.8 Å². The predicted molar refractivity (Wildman–Crippen MR) is 106 cm³/mol. The van der Waals surface area contributed by atoms with E-state index in [4.69, 9.17) is 9.84 Å². The first-order chi connectivity index (χ1) is 12.7. The number of carboxylic acid groups (broad SMARTS) is 1. The quantitative estimate of drug-likeness (QED) is 0.481. The van der Waals surface area contributed by atoms with E-state index in [0.29, 0.717) is 5.75 Å². The van der Waals surface area contributed by atoms with Crippen molar-refractivity contribution in [1.29, 1.82) is 0 Å². The largest absolute Gasteiger partial charge is 0.482 e.